The number of benzene rings is 1. The summed E-state index contributed by atoms with van der Waals surface area (Å²) in [6, 6.07) is 6.41. The first-order valence-electron chi connectivity index (χ1n) is 5.78. The van der Waals surface area contributed by atoms with E-state index in [0.717, 1.165) is 0 Å². The van der Waals surface area contributed by atoms with Crippen LogP contribution in [0.4, 0.5) is 0 Å². The molecule has 0 unspecified atom stereocenters. The zero-order valence-electron chi connectivity index (χ0n) is 11.2. The second-order valence-electron chi connectivity index (χ2n) is 4.11. The normalized spacial score (nSPS) is 10.2. The molecule has 0 aliphatic heterocycles. The lowest BCUT2D eigenvalue weighted by Gasteiger charge is -2.14. The Labute approximate surface area is 121 Å². The molecule has 20 heavy (non-hydrogen) atoms. The van der Waals surface area contributed by atoms with Crippen molar-refractivity contribution >= 4 is 29.4 Å². The summed E-state index contributed by atoms with van der Waals surface area (Å²) in [7, 11) is 2.83. The van der Waals surface area contributed by atoms with Crippen LogP contribution in [0.5, 0.6) is 0 Å². The highest BCUT2D eigenvalue weighted by molar-refractivity contribution is 6.34. The minimum absolute atomic E-state index is 0.0375. The van der Waals surface area contributed by atoms with Crippen LogP contribution in [0.3, 0.4) is 0 Å². The van der Waals surface area contributed by atoms with Crippen LogP contribution in [0, 0.1) is 0 Å². The maximum absolute atomic E-state index is 11.8. The van der Waals surface area contributed by atoms with Crippen molar-refractivity contribution in [3.05, 3.63) is 34.9 Å². The number of rotatable bonds is 5. The number of amides is 2. The summed E-state index contributed by atoms with van der Waals surface area (Å²) in [4.78, 5) is 35.9. The fourth-order valence-corrected chi connectivity index (χ4v) is 1.69. The summed E-state index contributed by atoms with van der Waals surface area (Å²) in [6.07, 6.45) is 0. The van der Waals surface area contributed by atoms with E-state index in [9.17, 15) is 14.4 Å². The van der Waals surface area contributed by atoms with Gasteiger partial charge in [-0.3, -0.25) is 24.6 Å². The molecule has 0 aromatic heterocycles. The van der Waals surface area contributed by atoms with E-state index in [1.54, 1.807) is 25.2 Å². The van der Waals surface area contributed by atoms with Gasteiger partial charge < -0.3 is 4.74 Å². The predicted molar refractivity (Wildman–Crippen MR) is 73.4 cm³/mol. The number of carbonyl (C=O) groups is 3. The van der Waals surface area contributed by atoms with Gasteiger partial charge in [0.05, 0.1) is 30.8 Å². The topological polar surface area (TPSA) is 75.7 Å². The van der Waals surface area contributed by atoms with Crippen molar-refractivity contribution in [2.45, 2.75) is 0 Å². The molecule has 0 radical (unpaired) electrons. The first-order valence-corrected chi connectivity index (χ1v) is 6.16. The van der Waals surface area contributed by atoms with Crippen molar-refractivity contribution in [1.82, 2.24) is 10.2 Å². The van der Waals surface area contributed by atoms with Crippen LogP contribution in [0.2, 0.25) is 5.02 Å². The third-order valence-corrected chi connectivity index (χ3v) is 2.74. The van der Waals surface area contributed by atoms with E-state index >= 15 is 0 Å². The van der Waals surface area contributed by atoms with Gasteiger partial charge in [-0.25, -0.2) is 0 Å². The number of hydrogen-bond acceptors (Lipinski definition) is 5. The van der Waals surface area contributed by atoms with E-state index in [1.165, 1.54) is 18.1 Å². The number of carbonyl (C=O) groups excluding carboxylic acids is 3. The molecule has 0 aliphatic carbocycles. The third-order valence-electron chi connectivity index (χ3n) is 2.41. The molecule has 7 heteroatoms. The van der Waals surface area contributed by atoms with Crippen LogP contribution in [0.25, 0.3) is 0 Å². The van der Waals surface area contributed by atoms with Gasteiger partial charge in [-0.05, 0) is 19.2 Å². The van der Waals surface area contributed by atoms with Gasteiger partial charge in [-0.2, -0.15) is 0 Å². The molecule has 0 heterocycles. The second-order valence-corrected chi connectivity index (χ2v) is 4.51. The van der Waals surface area contributed by atoms with Gasteiger partial charge in [-0.15, -0.1) is 0 Å². The lowest BCUT2D eigenvalue weighted by atomic mass is 10.2. The average molecular weight is 299 g/mol. The lowest BCUT2D eigenvalue weighted by molar-refractivity contribution is -0.141. The van der Waals surface area contributed by atoms with Gasteiger partial charge in [0.15, 0.2) is 0 Å². The van der Waals surface area contributed by atoms with Gasteiger partial charge in [0.2, 0.25) is 5.91 Å². The summed E-state index contributed by atoms with van der Waals surface area (Å²) in [6.45, 7) is -0.143. The molecule has 1 aromatic carbocycles. The third kappa shape index (κ3) is 4.99. The van der Waals surface area contributed by atoms with Crippen molar-refractivity contribution in [1.29, 1.82) is 0 Å². The van der Waals surface area contributed by atoms with Crippen LogP contribution in [-0.2, 0) is 14.3 Å². The first-order chi connectivity index (χ1) is 9.43. The quantitative estimate of drug-likeness (QED) is 0.810. The van der Waals surface area contributed by atoms with E-state index in [4.69, 9.17) is 11.6 Å². The number of methoxy groups -OCH3 is 1. The number of esters is 1. The van der Waals surface area contributed by atoms with E-state index in [-0.39, 0.29) is 23.7 Å². The van der Waals surface area contributed by atoms with Crippen LogP contribution in [0.15, 0.2) is 24.3 Å². The minimum atomic E-state index is -0.577. The largest absolute Gasteiger partial charge is 0.468 e. The van der Waals surface area contributed by atoms with Gasteiger partial charge in [0.1, 0.15) is 0 Å². The summed E-state index contributed by atoms with van der Waals surface area (Å²) in [5, 5.41) is 2.47. The molecule has 1 aromatic rings. The van der Waals surface area contributed by atoms with Gasteiger partial charge >= 0.3 is 5.97 Å². The number of hydrogen-bond donors (Lipinski definition) is 1. The fourth-order valence-electron chi connectivity index (χ4n) is 1.46. The number of ether oxygens (including phenoxy) is 1. The van der Waals surface area contributed by atoms with Gasteiger partial charge in [0.25, 0.3) is 5.91 Å². The van der Waals surface area contributed by atoms with Crippen molar-refractivity contribution < 1.29 is 19.1 Å². The molecule has 0 aliphatic rings. The van der Waals surface area contributed by atoms with E-state index in [0.29, 0.717) is 0 Å². The fraction of sp³-hybridized carbons (Fsp3) is 0.308. The molecule has 108 valence electrons. The maximum atomic E-state index is 11.8. The number of imide groups is 1. The smallest absolute Gasteiger partial charge is 0.319 e. The van der Waals surface area contributed by atoms with Crippen molar-refractivity contribution in [3.8, 4) is 0 Å². The summed E-state index contributed by atoms with van der Waals surface area (Å²) >= 11 is 5.85. The van der Waals surface area contributed by atoms with Gasteiger partial charge in [0, 0.05) is 0 Å². The Balaban J connectivity index is 2.52. The van der Waals surface area contributed by atoms with Crippen LogP contribution in [-0.4, -0.2) is 49.9 Å². The zero-order chi connectivity index (χ0) is 15.1. The molecule has 0 bridgehead atoms. The molecular weight excluding hydrogens is 284 g/mol. The lowest BCUT2D eigenvalue weighted by Crippen LogP contribution is -2.40. The zero-order valence-corrected chi connectivity index (χ0v) is 11.9. The number of nitrogens with one attached hydrogen (secondary N) is 1. The van der Waals surface area contributed by atoms with Crippen molar-refractivity contribution in [2.24, 2.45) is 0 Å². The maximum Gasteiger partial charge on any atom is 0.319 e. The van der Waals surface area contributed by atoms with Gasteiger partial charge in [-0.1, -0.05) is 23.7 Å². The Morgan fingerprint density at radius 2 is 1.90 bits per heavy atom. The molecule has 0 spiro atoms. The van der Waals surface area contributed by atoms with Crippen molar-refractivity contribution in [3.63, 3.8) is 0 Å². The highest BCUT2D eigenvalue weighted by atomic mass is 35.5. The molecule has 1 rings (SSSR count). The number of halogens is 1. The number of nitrogens with zero attached hydrogens (tertiary/aromatic N) is 1. The first kappa shape index (κ1) is 16.1. The highest BCUT2D eigenvalue weighted by Crippen LogP contribution is 2.14. The van der Waals surface area contributed by atoms with E-state index in [2.05, 4.69) is 10.1 Å². The monoisotopic (exact) mass is 298 g/mol. The number of likely N-dealkylation sites (N-methyl/N-ethyl adjacent to an activating group) is 1. The average Bonchev–Trinajstić information content (AvgIpc) is 2.38. The Bertz CT molecular complexity index is 519. The van der Waals surface area contributed by atoms with Crippen LogP contribution < -0.4 is 5.32 Å². The summed E-state index contributed by atoms with van der Waals surface area (Å²) in [5.41, 5.74) is 0.220. The second kappa shape index (κ2) is 7.62. The predicted octanol–water partition coefficient (Wildman–Crippen LogP) is 0.701. The molecule has 6 nitrogen and oxygen atoms in total. The Hall–Kier alpha value is -1.92. The molecule has 1 N–H and O–H groups in total. The molecule has 2 amide bonds. The summed E-state index contributed by atoms with van der Waals surface area (Å²) < 4.78 is 4.47. The Morgan fingerprint density at radius 1 is 1.25 bits per heavy atom. The molecule has 0 saturated heterocycles. The highest BCUT2D eigenvalue weighted by Gasteiger charge is 2.15. The SMILES string of the molecule is COC(=O)CN(C)CC(=O)NC(=O)c1ccccc1Cl. The Kier molecular flexibility index (Phi) is 6.14. The molecule has 0 saturated carbocycles. The Morgan fingerprint density at radius 3 is 2.50 bits per heavy atom. The van der Waals surface area contributed by atoms with Crippen molar-refractivity contribution in [2.75, 3.05) is 27.2 Å². The molecular formula is C13H15ClN2O4. The van der Waals surface area contributed by atoms with E-state index in [1.807, 2.05) is 0 Å². The van der Waals surface area contributed by atoms with Crippen LogP contribution >= 0.6 is 11.6 Å². The minimum Gasteiger partial charge on any atom is -0.468 e. The standard InChI is InChI=1S/C13H15ClN2O4/c1-16(8-12(18)20-2)7-11(17)15-13(19)9-5-3-4-6-10(9)14/h3-6H,7-8H2,1-2H3,(H,15,17,19). The molecule has 0 atom stereocenters. The molecule has 0 fully saturated rings. The van der Waals surface area contributed by atoms with Crippen LogP contribution in [0.1, 0.15) is 10.4 Å². The summed E-state index contributed by atoms with van der Waals surface area (Å²) in [5.74, 6) is -1.56. The van der Waals surface area contributed by atoms with E-state index < -0.39 is 17.8 Å².